The van der Waals surface area contributed by atoms with Crippen molar-refractivity contribution in [3.05, 3.63) is 47.5 Å². The van der Waals surface area contributed by atoms with Crippen molar-refractivity contribution in [2.45, 2.75) is 64.0 Å². The van der Waals surface area contributed by atoms with E-state index >= 15 is 0 Å². The van der Waals surface area contributed by atoms with Crippen LogP contribution in [0.4, 0.5) is 14.6 Å². The van der Waals surface area contributed by atoms with Crippen LogP contribution < -0.4 is 10.6 Å². The van der Waals surface area contributed by atoms with Gasteiger partial charge < -0.3 is 20.6 Å². The van der Waals surface area contributed by atoms with Gasteiger partial charge in [-0.2, -0.15) is 8.78 Å². The molecule has 2 aliphatic heterocycles. The molecule has 6 nitrogen and oxygen atoms in total. The van der Waals surface area contributed by atoms with Crippen molar-refractivity contribution in [1.82, 2.24) is 20.4 Å². The Morgan fingerprint density at radius 2 is 2.09 bits per heavy atom. The number of phenolic OH excluding ortho intramolecular Hbond substituents is 1. The van der Waals surface area contributed by atoms with Crippen molar-refractivity contribution in [3.63, 3.8) is 0 Å². The van der Waals surface area contributed by atoms with E-state index in [9.17, 15) is 13.9 Å². The molecule has 0 aliphatic carbocycles. The molecular weight excluding hydrogens is 436 g/mol. The van der Waals surface area contributed by atoms with Gasteiger partial charge in [-0.15, -0.1) is 10.2 Å². The Balaban J connectivity index is 1.40. The molecule has 1 unspecified atom stereocenters. The summed E-state index contributed by atoms with van der Waals surface area (Å²) in [6.07, 6.45) is 5.99. The van der Waals surface area contributed by atoms with E-state index in [-0.39, 0.29) is 16.9 Å². The van der Waals surface area contributed by atoms with Gasteiger partial charge in [0.15, 0.2) is 0 Å². The highest BCUT2D eigenvalue weighted by molar-refractivity contribution is 5.70. The quantitative estimate of drug-likeness (QED) is 0.479. The zero-order valence-electron chi connectivity index (χ0n) is 20.1. The van der Waals surface area contributed by atoms with Gasteiger partial charge in [-0.3, -0.25) is 0 Å². The van der Waals surface area contributed by atoms with Crippen LogP contribution in [-0.2, 0) is 5.92 Å². The van der Waals surface area contributed by atoms with E-state index in [4.69, 9.17) is 0 Å². The molecule has 2 aliphatic rings. The fourth-order valence-electron chi connectivity index (χ4n) is 4.92. The maximum atomic E-state index is 14.2. The molecule has 2 atom stereocenters. The number of aromatic hydroxyl groups is 1. The normalized spacial score (nSPS) is 21.5. The highest BCUT2D eigenvalue weighted by atomic mass is 19.3. The summed E-state index contributed by atoms with van der Waals surface area (Å²) in [5, 5.41) is 26.2. The van der Waals surface area contributed by atoms with Gasteiger partial charge in [0.2, 0.25) is 0 Å². The molecule has 2 fully saturated rings. The first-order valence-corrected chi connectivity index (χ1v) is 12.2. The third-order valence-corrected chi connectivity index (χ3v) is 6.95. The first kappa shape index (κ1) is 24.5. The van der Waals surface area contributed by atoms with Crippen molar-refractivity contribution in [1.29, 1.82) is 0 Å². The fourth-order valence-corrected chi connectivity index (χ4v) is 4.92. The first-order chi connectivity index (χ1) is 16.2. The maximum absolute atomic E-state index is 14.2. The second kappa shape index (κ2) is 10.4. The molecule has 2 saturated heterocycles. The van der Waals surface area contributed by atoms with Crippen molar-refractivity contribution < 1.29 is 13.9 Å². The van der Waals surface area contributed by atoms with Gasteiger partial charge in [-0.05, 0) is 94.9 Å². The van der Waals surface area contributed by atoms with Crippen LogP contribution in [0.2, 0.25) is 0 Å². The molecule has 0 bridgehead atoms. The highest BCUT2D eigenvalue weighted by Crippen LogP contribution is 2.39. The Morgan fingerprint density at radius 3 is 2.76 bits per heavy atom. The summed E-state index contributed by atoms with van der Waals surface area (Å²) in [5.74, 6) is -2.77. The summed E-state index contributed by atoms with van der Waals surface area (Å²) in [6.45, 7) is 10.9. The van der Waals surface area contributed by atoms with Crippen LogP contribution in [0.3, 0.4) is 0 Å². The van der Waals surface area contributed by atoms with E-state index < -0.39 is 5.92 Å². The number of phenols is 1. The fraction of sp³-hybridized carbons (Fsp3) is 0.538. The van der Waals surface area contributed by atoms with Gasteiger partial charge >= 0.3 is 0 Å². The molecular formula is C26H35F2N5O. The van der Waals surface area contributed by atoms with Gasteiger partial charge in [0.1, 0.15) is 11.6 Å². The Bertz CT molecular complexity index is 1020. The molecule has 4 rings (SSSR count). The van der Waals surface area contributed by atoms with Crippen molar-refractivity contribution in [3.8, 4) is 17.0 Å². The molecule has 3 heterocycles. The second-order valence-corrected chi connectivity index (χ2v) is 9.71. The zero-order valence-corrected chi connectivity index (χ0v) is 20.1. The molecule has 8 heteroatoms. The summed E-state index contributed by atoms with van der Waals surface area (Å²) in [5.41, 5.74) is 1.09. The molecule has 0 spiro atoms. The Hall–Kier alpha value is -2.58. The first-order valence-electron chi connectivity index (χ1n) is 12.2. The van der Waals surface area contributed by atoms with Crippen LogP contribution in [-0.4, -0.2) is 58.5 Å². The zero-order chi connectivity index (χ0) is 24.3. The number of rotatable bonds is 8. The number of aryl methyl sites for hydroxylation is 1. The Kier molecular flexibility index (Phi) is 7.48. The summed E-state index contributed by atoms with van der Waals surface area (Å²) in [4.78, 5) is 2.52. The number of piperidine rings is 1. The van der Waals surface area contributed by atoms with Gasteiger partial charge in [0, 0.05) is 29.8 Å². The van der Waals surface area contributed by atoms with E-state index in [1.807, 2.05) is 13.0 Å². The monoisotopic (exact) mass is 471 g/mol. The number of hydrogen-bond donors (Lipinski definition) is 3. The van der Waals surface area contributed by atoms with Crippen LogP contribution >= 0.6 is 0 Å². The smallest absolute Gasteiger partial charge is 0.294 e. The van der Waals surface area contributed by atoms with Crippen LogP contribution in [0.1, 0.15) is 50.2 Å². The predicted molar refractivity (Wildman–Crippen MR) is 131 cm³/mol. The Morgan fingerprint density at radius 1 is 1.26 bits per heavy atom. The average Bonchev–Trinajstić information content (AvgIpc) is 3.32. The largest absolute Gasteiger partial charge is 0.507 e. The van der Waals surface area contributed by atoms with Crippen LogP contribution in [0.25, 0.3) is 11.3 Å². The van der Waals surface area contributed by atoms with E-state index in [1.165, 1.54) is 38.3 Å². The number of allylic oxidation sites excluding steroid dienone is 1. The lowest BCUT2D eigenvalue weighted by molar-refractivity contribution is 0.0383. The number of alkyl halides is 2. The molecule has 2 aromatic rings. The van der Waals surface area contributed by atoms with Crippen LogP contribution in [0, 0.1) is 6.92 Å². The van der Waals surface area contributed by atoms with Gasteiger partial charge in [0.25, 0.3) is 5.92 Å². The summed E-state index contributed by atoms with van der Waals surface area (Å²) in [7, 11) is 0. The molecule has 184 valence electrons. The molecule has 0 amide bonds. The second-order valence-electron chi connectivity index (χ2n) is 9.71. The molecule has 1 aromatic heterocycles. The molecule has 3 N–H and O–H groups in total. The number of benzene rings is 1. The molecule has 34 heavy (non-hydrogen) atoms. The Labute approximate surface area is 200 Å². The summed E-state index contributed by atoms with van der Waals surface area (Å²) < 4.78 is 28.5. The van der Waals surface area contributed by atoms with Crippen molar-refractivity contribution in [2.75, 3.05) is 31.5 Å². The number of nitrogens with zero attached hydrogens (tertiary/aromatic N) is 3. The number of hydrogen-bond acceptors (Lipinski definition) is 6. The van der Waals surface area contributed by atoms with Gasteiger partial charge in [-0.1, -0.05) is 12.6 Å². The molecule has 1 aromatic carbocycles. The number of nitrogens with one attached hydrogen (secondary N) is 2. The average molecular weight is 472 g/mol. The lowest BCUT2D eigenvalue weighted by Crippen LogP contribution is -2.43. The lowest BCUT2D eigenvalue weighted by atomic mass is 9.98. The summed E-state index contributed by atoms with van der Waals surface area (Å²) in [6, 6.07) is 6.71. The number of likely N-dealkylation sites (tertiary alicyclic amines) is 1. The maximum Gasteiger partial charge on any atom is 0.294 e. The molecule has 0 saturated carbocycles. The highest BCUT2D eigenvalue weighted by Gasteiger charge is 2.33. The predicted octanol–water partition coefficient (Wildman–Crippen LogP) is 4.84. The number of anilines is 1. The van der Waals surface area contributed by atoms with Crippen LogP contribution in [0.15, 0.2) is 36.4 Å². The standard InChI is InChI=1S/C26H35F2N5O/c1-17(2)26(27,28)19-8-9-22(23(34)15-19)25-18(3)14-24(31-32-25)30-21-7-5-12-33(16-21)13-10-20-6-4-11-29-20/h8-9,14-15,20-21,29,34H,1,4-7,10-13,16H2,2-3H3,(H,30,31)/t20?,21-/m1/s1. The van der Waals surface area contributed by atoms with E-state index in [2.05, 4.69) is 32.3 Å². The van der Waals surface area contributed by atoms with Crippen molar-refractivity contribution in [2.24, 2.45) is 0 Å². The minimum atomic E-state index is -3.20. The molecule has 0 radical (unpaired) electrons. The minimum absolute atomic E-state index is 0.254. The SMILES string of the molecule is C=C(C)C(F)(F)c1ccc(-c2nnc(N[C@@H]3CCCN(CCC4CCCN4)C3)cc2C)c(O)c1. The third-order valence-electron chi connectivity index (χ3n) is 6.95. The number of aromatic nitrogens is 2. The van der Waals surface area contributed by atoms with Gasteiger partial charge in [-0.25, -0.2) is 0 Å². The lowest BCUT2D eigenvalue weighted by Gasteiger charge is -2.34. The summed E-state index contributed by atoms with van der Waals surface area (Å²) >= 11 is 0. The van der Waals surface area contributed by atoms with E-state index in [0.717, 1.165) is 50.7 Å². The number of halogens is 2. The van der Waals surface area contributed by atoms with Gasteiger partial charge in [0.05, 0.1) is 5.69 Å². The van der Waals surface area contributed by atoms with E-state index in [0.29, 0.717) is 29.2 Å². The minimum Gasteiger partial charge on any atom is -0.507 e. The topological polar surface area (TPSA) is 73.3 Å². The van der Waals surface area contributed by atoms with E-state index in [1.54, 1.807) is 0 Å². The third kappa shape index (κ3) is 5.55. The van der Waals surface area contributed by atoms with Crippen molar-refractivity contribution >= 4 is 5.82 Å². The van der Waals surface area contributed by atoms with Crippen LogP contribution in [0.5, 0.6) is 5.75 Å².